The highest BCUT2D eigenvalue weighted by Crippen LogP contribution is 2.07. The first kappa shape index (κ1) is 17.5. The Morgan fingerprint density at radius 1 is 1.32 bits per heavy atom. The Kier molecular flexibility index (Phi) is 7.87. The van der Waals surface area contributed by atoms with E-state index in [0.717, 1.165) is 19.3 Å². The summed E-state index contributed by atoms with van der Waals surface area (Å²) in [5.41, 5.74) is -0.585. The average molecular weight is 271 g/mol. The van der Waals surface area contributed by atoms with Crippen molar-refractivity contribution in [1.29, 1.82) is 0 Å². The number of hydrogen-bond acceptors (Lipinski definition) is 4. The molecule has 0 saturated carbocycles. The normalized spacial score (nSPS) is 12.4. The van der Waals surface area contributed by atoms with E-state index >= 15 is 0 Å². The summed E-state index contributed by atoms with van der Waals surface area (Å²) in [4.78, 5) is 23.0. The molecular weight excluding hydrogens is 246 g/mol. The molecule has 0 aromatic heterocycles. The lowest BCUT2D eigenvalue weighted by Gasteiger charge is -2.21. The van der Waals surface area contributed by atoms with Gasteiger partial charge in [-0.1, -0.05) is 6.08 Å². The largest absolute Gasteiger partial charge is 0.464 e. The third-order valence-corrected chi connectivity index (χ3v) is 2.13. The van der Waals surface area contributed by atoms with Crippen molar-refractivity contribution in [3.8, 4) is 0 Å². The highest BCUT2D eigenvalue weighted by Gasteiger charge is 2.21. The number of carbonyl (C=O) groups excluding carboxylic acids is 2. The van der Waals surface area contributed by atoms with Crippen molar-refractivity contribution in [1.82, 2.24) is 5.32 Å². The van der Waals surface area contributed by atoms with E-state index in [1.54, 1.807) is 27.7 Å². The van der Waals surface area contributed by atoms with Gasteiger partial charge in [-0.2, -0.15) is 0 Å². The predicted molar refractivity (Wildman–Crippen MR) is 73.8 cm³/mol. The van der Waals surface area contributed by atoms with Crippen LogP contribution in [-0.2, 0) is 14.3 Å². The van der Waals surface area contributed by atoms with Crippen molar-refractivity contribution in [3.05, 3.63) is 12.7 Å². The molecule has 0 rings (SSSR count). The summed E-state index contributed by atoms with van der Waals surface area (Å²) in [5.74, 6) is -0.454. The molecule has 0 aromatic rings. The van der Waals surface area contributed by atoms with Crippen LogP contribution in [0.2, 0.25) is 0 Å². The van der Waals surface area contributed by atoms with Crippen molar-refractivity contribution in [2.24, 2.45) is 0 Å². The third kappa shape index (κ3) is 10.1. The zero-order valence-electron chi connectivity index (χ0n) is 12.3. The van der Waals surface area contributed by atoms with Crippen LogP contribution < -0.4 is 5.32 Å². The molecule has 5 heteroatoms. The molecule has 110 valence electrons. The van der Waals surface area contributed by atoms with Gasteiger partial charge in [-0.3, -0.25) is 0 Å². The lowest BCUT2D eigenvalue weighted by Crippen LogP contribution is -2.42. The van der Waals surface area contributed by atoms with Gasteiger partial charge in [-0.05, 0) is 47.0 Å². The summed E-state index contributed by atoms with van der Waals surface area (Å²) in [6.07, 6.45) is 3.84. The van der Waals surface area contributed by atoms with E-state index in [4.69, 9.17) is 9.47 Å². The predicted octanol–water partition coefficient (Wildman–Crippen LogP) is 2.80. The highest BCUT2D eigenvalue weighted by atomic mass is 16.6. The second-order valence-corrected chi connectivity index (χ2v) is 5.32. The Labute approximate surface area is 115 Å². The Morgan fingerprint density at radius 2 is 1.95 bits per heavy atom. The lowest BCUT2D eigenvalue weighted by molar-refractivity contribution is -0.145. The summed E-state index contributed by atoms with van der Waals surface area (Å²) in [5, 5.41) is 2.44. The maximum atomic E-state index is 11.6. The van der Waals surface area contributed by atoms with Gasteiger partial charge in [-0.25, -0.2) is 9.59 Å². The number of hydrogen-bond donors (Lipinski definition) is 1. The summed E-state index contributed by atoms with van der Waals surface area (Å²) in [6.45, 7) is 10.8. The summed E-state index contributed by atoms with van der Waals surface area (Å²) in [6, 6.07) is -0.714. The number of esters is 1. The van der Waals surface area contributed by atoms with Crippen LogP contribution in [0.15, 0.2) is 12.7 Å². The Morgan fingerprint density at radius 3 is 2.47 bits per heavy atom. The molecule has 0 radical (unpaired) electrons. The van der Waals surface area contributed by atoms with E-state index in [0.29, 0.717) is 6.61 Å². The number of carbonyl (C=O) groups is 2. The topological polar surface area (TPSA) is 64.6 Å². The van der Waals surface area contributed by atoms with Crippen molar-refractivity contribution < 1.29 is 19.1 Å². The number of nitrogens with one attached hydrogen (secondary N) is 1. The molecule has 0 aliphatic heterocycles. The summed E-state index contributed by atoms with van der Waals surface area (Å²) >= 11 is 0. The molecule has 0 aliphatic rings. The van der Waals surface area contributed by atoms with E-state index in [-0.39, 0.29) is 0 Å². The first-order valence-corrected chi connectivity index (χ1v) is 6.53. The molecule has 0 heterocycles. The average Bonchev–Trinajstić information content (AvgIpc) is 2.25. The summed E-state index contributed by atoms with van der Waals surface area (Å²) < 4.78 is 10.1. The van der Waals surface area contributed by atoms with Gasteiger partial charge in [0.25, 0.3) is 0 Å². The first-order chi connectivity index (χ1) is 8.76. The van der Waals surface area contributed by atoms with Gasteiger partial charge in [0.1, 0.15) is 11.6 Å². The van der Waals surface area contributed by atoms with E-state index in [9.17, 15) is 9.59 Å². The number of alkyl carbamates (subject to hydrolysis) is 1. The van der Waals surface area contributed by atoms with Crippen LogP contribution in [0.25, 0.3) is 0 Å². The van der Waals surface area contributed by atoms with Gasteiger partial charge in [0.05, 0.1) is 6.61 Å². The van der Waals surface area contributed by atoms with Crippen LogP contribution >= 0.6 is 0 Å². The third-order valence-electron chi connectivity index (χ3n) is 2.13. The van der Waals surface area contributed by atoms with Gasteiger partial charge < -0.3 is 14.8 Å². The van der Waals surface area contributed by atoms with Crippen LogP contribution in [0, 0.1) is 0 Å². The standard InChI is InChI=1S/C14H25NO4/c1-6-7-8-9-10-18-12(16)11(2)15-13(17)19-14(3,4)5/h6,11H,1,7-10H2,2-5H3,(H,15,17)/t11-/m0/s1. The second kappa shape index (κ2) is 8.56. The number of unbranched alkanes of at least 4 members (excludes halogenated alkanes) is 2. The number of ether oxygens (including phenoxy) is 2. The minimum absolute atomic E-state index is 0.354. The Hall–Kier alpha value is -1.52. The molecule has 0 aromatic carbocycles. The minimum atomic E-state index is -0.714. The first-order valence-electron chi connectivity index (χ1n) is 6.53. The zero-order valence-corrected chi connectivity index (χ0v) is 12.3. The Balaban J connectivity index is 3.87. The minimum Gasteiger partial charge on any atom is -0.464 e. The molecule has 0 unspecified atom stereocenters. The number of allylic oxidation sites excluding steroid dienone is 1. The quantitative estimate of drug-likeness (QED) is 0.439. The van der Waals surface area contributed by atoms with Crippen LogP contribution in [-0.4, -0.2) is 30.3 Å². The number of amides is 1. The molecule has 1 amide bonds. The van der Waals surface area contributed by atoms with Crippen LogP contribution in [0.3, 0.4) is 0 Å². The molecule has 5 nitrogen and oxygen atoms in total. The number of rotatable bonds is 7. The molecule has 0 aliphatic carbocycles. The van der Waals surface area contributed by atoms with Crippen LogP contribution in [0.5, 0.6) is 0 Å². The highest BCUT2D eigenvalue weighted by molar-refractivity contribution is 5.80. The van der Waals surface area contributed by atoms with E-state index in [2.05, 4.69) is 11.9 Å². The second-order valence-electron chi connectivity index (χ2n) is 5.32. The van der Waals surface area contributed by atoms with Crippen molar-refractivity contribution in [2.45, 2.75) is 58.6 Å². The molecule has 0 spiro atoms. The fraction of sp³-hybridized carbons (Fsp3) is 0.714. The van der Waals surface area contributed by atoms with Crippen molar-refractivity contribution >= 4 is 12.1 Å². The molecule has 19 heavy (non-hydrogen) atoms. The van der Waals surface area contributed by atoms with E-state index in [1.165, 1.54) is 0 Å². The van der Waals surface area contributed by atoms with Crippen molar-refractivity contribution in [2.75, 3.05) is 6.61 Å². The van der Waals surface area contributed by atoms with Crippen molar-refractivity contribution in [3.63, 3.8) is 0 Å². The lowest BCUT2D eigenvalue weighted by atomic mass is 10.2. The van der Waals surface area contributed by atoms with Crippen LogP contribution in [0.4, 0.5) is 4.79 Å². The van der Waals surface area contributed by atoms with E-state index < -0.39 is 23.7 Å². The van der Waals surface area contributed by atoms with Gasteiger partial charge in [0.2, 0.25) is 0 Å². The molecule has 0 fully saturated rings. The molecule has 1 atom stereocenters. The monoisotopic (exact) mass is 271 g/mol. The fourth-order valence-corrected chi connectivity index (χ4v) is 1.23. The maximum absolute atomic E-state index is 11.6. The molecule has 1 N–H and O–H groups in total. The van der Waals surface area contributed by atoms with E-state index in [1.807, 2.05) is 6.08 Å². The smallest absolute Gasteiger partial charge is 0.408 e. The molecular formula is C14H25NO4. The summed E-state index contributed by atoms with van der Waals surface area (Å²) in [7, 11) is 0. The van der Waals surface area contributed by atoms with Gasteiger partial charge in [0.15, 0.2) is 0 Å². The Bertz CT molecular complexity index is 307. The van der Waals surface area contributed by atoms with Gasteiger partial charge in [0, 0.05) is 0 Å². The van der Waals surface area contributed by atoms with Crippen LogP contribution in [0.1, 0.15) is 47.0 Å². The fourth-order valence-electron chi connectivity index (χ4n) is 1.23. The zero-order chi connectivity index (χ0) is 14.9. The SMILES string of the molecule is C=CCCCCOC(=O)[C@H](C)NC(=O)OC(C)(C)C. The molecule has 0 bridgehead atoms. The van der Waals surface area contributed by atoms with Gasteiger partial charge in [-0.15, -0.1) is 6.58 Å². The van der Waals surface area contributed by atoms with Gasteiger partial charge >= 0.3 is 12.1 Å². The maximum Gasteiger partial charge on any atom is 0.408 e. The molecule has 0 saturated heterocycles.